The number of amides is 3. The van der Waals surface area contributed by atoms with Gasteiger partial charge in [-0.3, -0.25) is 10.1 Å². The van der Waals surface area contributed by atoms with Gasteiger partial charge in [-0.2, -0.15) is 5.10 Å². The minimum atomic E-state index is -0.511. The topological polar surface area (TPSA) is 87.8 Å². The Bertz CT molecular complexity index is 472. The van der Waals surface area contributed by atoms with Crippen molar-refractivity contribution in [2.45, 2.75) is 12.5 Å². The first-order valence-corrected chi connectivity index (χ1v) is 5.60. The fraction of sp³-hybridized carbons (Fsp3) is 0.250. The van der Waals surface area contributed by atoms with E-state index in [9.17, 15) is 9.59 Å². The van der Waals surface area contributed by atoms with Gasteiger partial charge in [0.15, 0.2) is 0 Å². The lowest BCUT2D eigenvalue weighted by molar-refractivity contribution is -0.118. The Morgan fingerprint density at radius 2 is 2.11 bits per heavy atom. The van der Waals surface area contributed by atoms with Gasteiger partial charge < -0.3 is 5.73 Å². The molecule has 0 saturated carbocycles. The molecule has 3 amide bonds. The lowest BCUT2D eigenvalue weighted by atomic mass is 10.1. The first kappa shape index (κ1) is 12.3. The highest BCUT2D eigenvalue weighted by Gasteiger charge is 2.25. The van der Waals surface area contributed by atoms with Crippen molar-refractivity contribution in [1.82, 2.24) is 10.3 Å². The van der Waals surface area contributed by atoms with Crippen LogP contribution in [0.1, 0.15) is 5.56 Å². The monoisotopic (exact) mass is 246 g/mol. The van der Waals surface area contributed by atoms with Crippen molar-refractivity contribution in [2.24, 2.45) is 10.8 Å². The van der Waals surface area contributed by atoms with Crippen LogP contribution in [0.3, 0.4) is 0 Å². The van der Waals surface area contributed by atoms with Crippen LogP contribution < -0.4 is 11.1 Å². The van der Waals surface area contributed by atoms with E-state index in [0.717, 1.165) is 10.6 Å². The van der Waals surface area contributed by atoms with E-state index in [-0.39, 0.29) is 18.5 Å². The van der Waals surface area contributed by atoms with Gasteiger partial charge in [0.2, 0.25) is 5.91 Å². The van der Waals surface area contributed by atoms with E-state index in [1.165, 1.54) is 6.21 Å². The van der Waals surface area contributed by atoms with E-state index in [0.29, 0.717) is 6.42 Å². The summed E-state index contributed by atoms with van der Waals surface area (Å²) >= 11 is 0. The average Bonchev–Trinajstić information content (AvgIpc) is 2.66. The van der Waals surface area contributed by atoms with Crippen LogP contribution in [0.4, 0.5) is 4.79 Å². The summed E-state index contributed by atoms with van der Waals surface area (Å²) < 4.78 is 0. The highest BCUT2D eigenvalue weighted by atomic mass is 16.2. The highest BCUT2D eigenvalue weighted by Crippen LogP contribution is 2.02. The Balaban J connectivity index is 1.89. The lowest BCUT2D eigenvalue weighted by Crippen LogP contribution is -2.28. The quantitative estimate of drug-likeness (QED) is 0.583. The number of urea groups is 1. The molecule has 3 N–H and O–H groups in total. The molecule has 0 bridgehead atoms. The number of hydrogen-bond donors (Lipinski definition) is 2. The van der Waals surface area contributed by atoms with Gasteiger partial charge in [0.05, 0.1) is 0 Å². The van der Waals surface area contributed by atoms with E-state index < -0.39 is 6.03 Å². The van der Waals surface area contributed by atoms with Crippen molar-refractivity contribution in [2.75, 3.05) is 6.54 Å². The molecule has 0 spiro atoms. The summed E-state index contributed by atoms with van der Waals surface area (Å²) in [6.45, 7) is -0.0482. The Kier molecular flexibility index (Phi) is 3.69. The second-order valence-electron chi connectivity index (χ2n) is 4.03. The number of rotatable bonds is 4. The van der Waals surface area contributed by atoms with Crippen molar-refractivity contribution < 1.29 is 9.59 Å². The number of hydrazone groups is 1. The predicted molar refractivity (Wildman–Crippen MR) is 66.9 cm³/mol. The second kappa shape index (κ2) is 5.42. The summed E-state index contributed by atoms with van der Waals surface area (Å²) in [5, 5.41) is 7.10. The van der Waals surface area contributed by atoms with Gasteiger partial charge >= 0.3 is 6.03 Å². The van der Waals surface area contributed by atoms with Crippen LogP contribution in [0, 0.1) is 0 Å². The zero-order valence-electron chi connectivity index (χ0n) is 9.74. The molecule has 1 atom stereocenters. The van der Waals surface area contributed by atoms with Gasteiger partial charge in [-0.15, -0.1) is 0 Å². The third-order valence-corrected chi connectivity index (χ3v) is 2.49. The van der Waals surface area contributed by atoms with Gasteiger partial charge in [0.25, 0.3) is 0 Å². The lowest BCUT2D eigenvalue weighted by Gasteiger charge is -2.08. The van der Waals surface area contributed by atoms with E-state index >= 15 is 0 Å². The fourth-order valence-electron chi connectivity index (χ4n) is 1.63. The molecule has 18 heavy (non-hydrogen) atoms. The Morgan fingerprint density at radius 3 is 2.72 bits per heavy atom. The second-order valence-corrected chi connectivity index (χ2v) is 4.03. The molecule has 2 rings (SSSR count). The standard InChI is InChI=1S/C12H14N4O2/c13-10(6-9-4-2-1-3-5-9)7-14-16-8-11(17)15-12(16)18/h1-5,7,10H,6,8,13H2,(H,15,17,18)/b14-7+. The molecule has 1 saturated heterocycles. The first-order valence-electron chi connectivity index (χ1n) is 5.60. The summed E-state index contributed by atoms with van der Waals surface area (Å²) in [5.41, 5.74) is 6.97. The van der Waals surface area contributed by atoms with Crippen molar-refractivity contribution in [3.05, 3.63) is 35.9 Å². The van der Waals surface area contributed by atoms with E-state index in [1.54, 1.807) is 0 Å². The number of hydrogen-bond acceptors (Lipinski definition) is 4. The summed E-state index contributed by atoms with van der Waals surface area (Å²) in [6, 6.07) is 8.94. The van der Waals surface area contributed by atoms with E-state index in [2.05, 4.69) is 10.4 Å². The Labute approximate surface area is 104 Å². The molecule has 0 radical (unpaired) electrons. The number of nitrogens with zero attached hydrogens (tertiary/aromatic N) is 2. The molecule has 0 aliphatic carbocycles. The molecule has 1 unspecified atom stereocenters. The number of nitrogens with two attached hydrogens (primary N) is 1. The third kappa shape index (κ3) is 3.14. The van der Waals surface area contributed by atoms with Crippen molar-refractivity contribution in [3.8, 4) is 0 Å². The van der Waals surface area contributed by atoms with Crippen LogP contribution in [0.5, 0.6) is 0 Å². The van der Waals surface area contributed by atoms with Gasteiger partial charge in [-0.05, 0) is 12.0 Å². The molecule has 1 aromatic carbocycles. The molecule has 1 aliphatic rings. The predicted octanol–water partition coefficient (Wildman–Crippen LogP) is 0.0940. The number of imide groups is 1. The van der Waals surface area contributed by atoms with Gasteiger partial charge in [-0.1, -0.05) is 30.3 Å². The molecule has 94 valence electrons. The van der Waals surface area contributed by atoms with E-state index in [4.69, 9.17) is 5.73 Å². The zero-order valence-corrected chi connectivity index (χ0v) is 9.74. The molecule has 0 aromatic heterocycles. The number of benzene rings is 1. The van der Waals surface area contributed by atoms with Crippen LogP contribution in [0.25, 0.3) is 0 Å². The maximum Gasteiger partial charge on any atom is 0.344 e. The molecule has 6 heteroatoms. The van der Waals surface area contributed by atoms with E-state index in [1.807, 2.05) is 30.3 Å². The average molecular weight is 246 g/mol. The molecular formula is C12H14N4O2. The van der Waals surface area contributed by atoms with Crippen molar-refractivity contribution in [1.29, 1.82) is 0 Å². The number of nitrogens with one attached hydrogen (secondary N) is 1. The normalized spacial score (nSPS) is 17.3. The molecule has 1 heterocycles. The summed E-state index contributed by atoms with van der Waals surface area (Å²) in [7, 11) is 0. The number of carbonyl (C=O) groups is 2. The SMILES string of the molecule is NC(/C=N/N1CC(=O)NC1=O)Cc1ccccc1. The molecular weight excluding hydrogens is 232 g/mol. The maximum absolute atomic E-state index is 11.2. The van der Waals surface area contributed by atoms with Crippen LogP contribution in [-0.4, -0.2) is 35.7 Å². The first-order chi connectivity index (χ1) is 8.65. The largest absolute Gasteiger partial charge is 0.344 e. The van der Waals surface area contributed by atoms with Crippen LogP contribution in [0.2, 0.25) is 0 Å². The minimum absolute atomic E-state index is 0.0482. The van der Waals surface area contributed by atoms with Crippen molar-refractivity contribution >= 4 is 18.2 Å². The molecule has 1 aromatic rings. The van der Waals surface area contributed by atoms with Gasteiger partial charge in [0.1, 0.15) is 6.54 Å². The van der Waals surface area contributed by atoms with Crippen molar-refractivity contribution in [3.63, 3.8) is 0 Å². The summed E-state index contributed by atoms with van der Waals surface area (Å²) in [5.74, 6) is -0.353. The smallest absolute Gasteiger partial charge is 0.323 e. The summed E-state index contributed by atoms with van der Waals surface area (Å²) in [4.78, 5) is 22.1. The third-order valence-electron chi connectivity index (χ3n) is 2.49. The Morgan fingerprint density at radius 1 is 1.39 bits per heavy atom. The number of carbonyl (C=O) groups excluding carboxylic acids is 2. The minimum Gasteiger partial charge on any atom is -0.323 e. The van der Waals surface area contributed by atoms with Crippen LogP contribution in [-0.2, 0) is 11.2 Å². The highest BCUT2D eigenvalue weighted by molar-refractivity contribution is 6.01. The maximum atomic E-state index is 11.2. The fourth-order valence-corrected chi connectivity index (χ4v) is 1.63. The summed E-state index contributed by atoms with van der Waals surface area (Å²) in [6.07, 6.45) is 2.11. The molecule has 1 aliphatic heterocycles. The van der Waals surface area contributed by atoms with Gasteiger partial charge in [0, 0.05) is 12.3 Å². The Hall–Kier alpha value is -2.21. The van der Waals surface area contributed by atoms with Crippen LogP contribution in [0.15, 0.2) is 35.4 Å². The molecule has 1 fully saturated rings. The molecule has 6 nitrogen and oxygen atoms in total. The van der Waals surface area contributed by atoms with Gasteiger partial charge in [-0.25, -0.2) is 9.80 Å². The zero-order chi connectivity index (χ0) is 13.0. The van der Waals surface area contributed by atoms with Crippen LogP contribution >= 0.6 is 0 Å².